The summed E-state index contributed by atoms with van der Waals surface area (Å²) in [6.45, 7) is 0. The van der Waals surface area contributed by atoms with E-state index in [0.717, 1.165) is 0 Å². The van der Waals surface area contributed by atoms with Gasteiger partial charge in [-0.15, -0.1) is 0 Å². The Morgan fingerprint density at radius 3 is 2.62 bits per heavy atom. The Labute approximate surface area is 91.0 Å². The fourth-order valence-corrected chi connectivity index (χ4v) is 2.00. The predicted octanol–water partition coefficient (Wildman–Crippen LogP) is 2.39. The van der Waals surface area contributed by atoms with Gasteiger partial charge in [0.25, 0.3) is 0 Å². The highest BCUT2D eigenvalue weighted by Crippen LogP contribution is 2.25. The molecule has 0 unspecified atom stereocenters. The third-order valence-corrected chi connectivity index (χ3v) is 2.72. The van der Waals surface area contributed by atoms with Crippen LogP contribution in [0.5, 0.6) is 0 Å². The van der Waals surface area contributed by atoms with Gasteiger partial charge in [0.05, 0.1) is 10.9 Å². The molecule has 0 spiro atoms. The molecule has 3 heteroatoms. The van der Waals surface area contributed by atoms with Gasteiger partial charge in [0.2, 0.25) is 0 Å². The molecule has 1 aromatic carbocycles. The largest absolute Gasteiger partial charge is 0.422 e. The van der Waals surface area contributed by atoms with E-state index < -0.39 is 5.63 Å². The molecular weight excluding hydrogens is 204 g/mol. The third kappa shape index (κ3) is 1.15. The molecule has 3 rings (SSSR count). The Morgan fingerprint density at radius 2 is 1.81 bits per heavy atom. The summed E-state index contributed by atoms with van der Waals surface area (Å²) in [7, 11) is 0. The van der Waals surface area contributed by atoms with Crippen molar-refractivity contribution in [3.8, 4) is 0 Å². The van der Waals surface area contributed by atoms with Crippen LogP contribution >= 0.6 is 0 Å². The number of hydrogen-bond acceptors (Lipinski definition) is 3. The van der Waals surface area contributed by atoms with Crippen molar-refractivity contribution in [2.45, 2.75) is 6.42 Å². The van der Waals surface area contributed by atoms with Crippen molar-refractivity contribution < 1.29 is 9.21 Å². The minimum absolute atomic E-state index is 0.00236. The summed E-state index contributed by atoms with van der Waals surface area (Å²) >= 11 is 0. The van der Waals surface area contributed by atoms with E-state index in [-0.39, 0.29) is 5.78 Å². The van der Waals surface area contributed by atoms with Crippen molar-refractivity contribution >= 4 is 22.6 Å². The van der Waals surface area contributed by atoms with Crippen molar-refractivity contribution in [2.75, 3.05) is 0 Å². The molecular formula is C13H8O3. The van der Waals surface area contributed by atoms with Gasteiger partial charge >= 0.3 is 5.63 Å². The predicted molar refractivity (Wildman–Crippen MR) is 60.5 cm³/mol. The van der Waals surface area contributed by atoms with E-state index in [2.05, 4.69) is 0 Å². The molecule has 1 heterocycles. The van der Waals surface area contributed by atoms with Gasteiger partial charge in [0.1, 0.15) is 5.76 Å². The van der Waals surface area contributed by atoms with Gasteiger partial charge in [-0.3, -0.25) is 4.79 Å². The van der Waals surface area contributed by atoms with Crippen molar-refractivity contribution in [2.24, 2.45) is 0 Å². The van der Waals surface area contributed by atoms with Crippen LogP contribution in [0.1, 0.15) is 22.5 Å². The van der Waals surface area contributed by atoms with E-state index in [0.29, 0.717) is 28.5 Å². The Morgan fingerprint density at radius 1 is 1.06 bits per heavy atom. The zero-order valence-electron chi connectivity index (χ0n) is 8.40. The molecule has 0 atom stereocenters. The maximum absolute atomic E-state index is 11.8. The molecule has 1 aromatic heterocycles. The second-order valence-electron chi connectivity index (χ2n) is 3.70. The first kappa shape index (κ1) is 9.09. The summed E-state index contributed by atoms with van der Waals surface area (Å²) in [5.41, 5.74) is 0.131. The van der Waals surface area contributed by atoms with Gasteiger partial charge in [-0.05, 0) is 12.1 Å². The van der Waals surface area contributed by atoms with Crippen LogP contribution in [-0.2, 0) is 0 Å². The Hall–Kier alpha value is -2.16. The summed E-state index contributed by atoms with van der Waals surface area (Å²) in [6.07, 6.45) is 3.76. The molecule has 0 amide bonds. The van der Waals surface area contributed by atoms with Gasteiger partial charge in [-0.2, -0.15) is 0 Å². The minimum atomic E-state index is -0.395. The quantitative estimate of drug-likeness (QED) is 0.673. The number of hydrogen-bond donors (Lipinski definition) is 0. The summed E-state index contributed by atoms with van der Waals surface area (Å²) in [5, 5.41) is 1.15. The highest BCUT2D eigenvalue weighted by Gasteiger charge is 2.19. The monoisotopic (exact) mass is 212 g/mol. The Bertz CT molecular complexity index is 677. The van der Waals surface area contributed by atoms with Gasteiger partial charge in [0.15, 0.2) is 5.78 Å². The highest BCUT2D eigenvalue weighted by molar-refractivity contribution is 6.11. The molecule has 78 valence electrons. The summed E-state index contributed by atoms with van der Waals surface area (Å²) in [5.74, 6) is 0.373. The lowest BCUT2D eigenvalue weighted by molar-refractivity contribution is 0.0993. The van der Waals surface area contributed by atoms with E-state index in [1.54, 1.807) is 30.4 Å². The van der Waals surface area contributed by atoms with Gasteiger partial charge in [0, 0.05) is 11.8 Å². The van der Waals surface area contributed by atoms with E-state index in [1.807, 2.05) is 6.07 Å². The van der Waals surface area contributed by atoms with Gasteiger partial charge < -0.3 is 4.42 Å². The molecule has 0 bridgehead atoms. The zero-order valence-corrected chi connectivity index (χ0v) is 8.40. The average Bonchev–Trinajstić information content (AvgIpc) is 2.29. The first-order valence-electron chi connectivity index (χ1n) is 5.03. The van der Waals surface area contributed by atoms with Crippen molar-refractivity contribution in [1.82, 2.24) is 0 Å². The maximum atomic E-state index is 11.8. The number of benzene rings is 1. The molecule has 0 saturated heterocycles. The fraction of sp³-hybridized carbons (Fsp3) is 0.0769. The SMILES string of the molecule is O=C1CC=Cc2oc(=O)c3ccccc3c21. The summed E-state index contributed by atoms with van der Waals surface area (Å²) < 4.78 is 5.12. The van der Waals surface area contributed by atoms with Crippen LogP contribution in [0.4, 0.5) is 0 Å². The molecule has 0 saturated carbocycles. The van der Waals surface area contributed by atoms with Crippen LogP contribution in [0.25, 0.3) is 16.8 Å². The average molecular weight is 212 g/mol. The molecule has 0 aliphatic heterocycles. The highest BCUT2D eigenvalue weighted by atomic mass is 16.4. The molecule has 3 nitrogen and oxygen atoms in total. The smallest absolute Gasteiger partial charge is 0.344 e. The molecule has 2 aromatic rings. The lowest BCUT2D eigenvalue weighted by Crippen LogP contribution is -2.11. The Kier molecular flexibility index (Phi) is 1.80. The first-order valence-corrected chi connectivity index (χ1v) is 5.03. The second-order valence-corrected chi connectivity index (χ2v) is 3.70. The zero-order chi connectivity index (χ0) is 11.1. The third-order valence-electron chi connectivity index (χ3n) is 2.72. The van der Waals surface area contributed by atoms with Crippen LogP contribution in [0.15, 0.2) is 39.6 Å². The van der Waals surface area contributed by atoms with Crippen molar-refractivity contribution in [1.29, 1.82) is 0 Å². The molecule has 1 aliphatic rings. The van der Waals surface area contributed by atoms with Crippen molar-refractivity contribution in [3.63, 3.8) is 0 Å². The van der Waals surface area contributed by atoms with Gasteiger partial charge in [-0.25, -0.2) is 4.79 Å². The first-order chi connectivity index (χ1) is 7.77. The molecule has 1 aliphatic carbocycles. The van der Waals surface area contributed by atoms with Crippen LogP contribution in [0.2, 0.25) is 0 Å². The number of rotatable bonds is 0. The van der Waals surface area contributed by atoms with Crippen LogP contribution in [0.3, 0.4) is 0 Å². The number of fused-ring (bicyclic) bond motifs is 3. The number of allylic oxidation sites excluding steroid dienone is 1. The van der Waals surface area contributed by atoms with E-state index in [4.69, 9.17) is 4.42 Å². The van der Waals surface area contributed by atoms with E-state index in [9.17, 15) is 9.59 Å². The minimum Gasteiger partial charge on any atom is -0.422 e. The second kappa shape index (κ2) is 3.17. The van der Waals surface area contributed by atoms with E-state index >= 15 is 0 Å². The lowest BCUT2D eigenvalue weighted by atomic mass is 9.96. The standard InChI is InChI=1S/C13H8O3/c14-10-6-3-7-11-12(10)8-4-1-2-5-9(8)13(15)16-11/h1-5,7H,6H2. The normalized spacial score (nSPS) is 14.1. The topological polar surface area (TPSA) is 47.3 Å². The van der Waals surface area contributed by atoms with Crippen LogP contribution < -0.4 is 5.63 Å². The molecule has 0 fully saturated rings. The Balaban J connectivity index is 2.56. The molecule has 16 heavy (non-hydrogen) atoms. The number of Topliss-reactive ketones (excluding diaryl/α,β-unsaturated/α-hetero) is 1. The van der Waals surface area contributed by atoms with Crippen LogP contribution in [0, 0.1) is 0 Å². The van der Waals surface area contributed by atoms with Gasteiger partial charge in [-0.1, -0.05) is 24.3 Å². The van der Waals surface area contributed by atoms with E-state index in [1.165, 1.54) is 0 Å². The number of ketones is 1. The molecule has 0 radical (unpaired) electrons. The molecule has 0 N–H and O–H groups in total. The number of carbonyl (C=O) groups excluding carboxylic acids is 1. The fourth-order valence-electron chi connectivity index (χ4n) is 2.00. The summed E-state index contributed by atoms with van der Waals surface area (Å²) in [6, 6.07) is 7.03. The lowest BCUT2D eigenvalue weighted by Gasteiger charge is -2.10. The van der Waals surface area contributed by atoms with Crippen molar-refractivity contribution in [3.05, 3.63) is 52.1 Å². The van der Waals surface area contributed by atoms with Crippen LogP contribution in [-0.4, -0.2) is 5.78 Å². The summed E-state index contributed by atoms with van der Waals surface area (Å²) in [4.78, 5) is 23.4. The number of carbonyl (C=O) groups is 1. The maximum Gasteiger partial charge on any atom is 0.344 e.